The number of benzene rings is 3. The molecule has 0 aliphatic carbocycles. The van der Waals surface area contributed by atoms with Gasteiger partial charge in [0.1, 0.15) is 11.5 Å². The number of amides is 1. The summed E-state index contributed by atoms with van der Waals surface area (Å²) in [6, 6.07) is 22.7. The lowest BCUT2D eigenvalue weighted by atomic mass is 10.1. The first-order chi connectivity index (χ1) is 15.6. The van der Waals surface area contributed by atoms with Crippen LogP contribution >= 0.6 is 0 Å². The van der Waals surface area contributed by atoms with Gasteiger partial charge in [0.2, 0.25) is 5.89 Å². The van der Waals surface area contributed by atoms with Crippen LogP contribution in [-0.2, 0) is 6.61 Å². The van der Waals surface area contributed by atoms with Gasteiger partial charge in [0.15, 0.2) is 6.61 Å². The molecule has 0 saturated carbocycles. The summed E-state index contributed by atoms with van der Waals surface area (Å²) in [4.78, 5) is 12.3. The molecule has 0 saturated heterocycles. The van der Waals surface area contributed by atoms with Crippen LogP contribution in [0.2, 0.25) is 0 Å². The lowest BCUT2D eigenvalue weighted by Crippen LogP contribution is -2.11. The number of anilines is 1. The first-order valence-corrected chi connectivity index (χ1v) is 9.66. The minimum absolute atomic E-state index is 0.111. The molecule has 3 aromatic carbocycles. The summed E-state index contributed by atoms with van der Waals surface area (Å²) in [5.41, 5.74) is 2.37. The molecule has 0 spiro atoms. The van der Waals surface area contributed by atoms with Crippen LogP contribution in [0.25, 0.3) is 11.5 Å². The fraction of sp³-hybridized carbons (Fsp3) is 0.0833. The minimum Gasteiger partial charge on any atom is -0.497 e. The monoisotopic (exact) mass is 426 g/mol. The maximum absolute atomic E-state index is 12.3. The first kappa shape index (κ1) is 20.6. The van der Waals surface area contributed by atoms with E-state index in [1.807, 2.05) is 30.3 Å². The second kappa shape index (κ2) is 9.45. The van der Waals surface area contributed by atoms with Crippen molar-refractivity contribution < 1.29 is 18.7 Å². The van der Waals surface area contributed by atoms with Crippen molar-refractivity contribution >= 4 is 11.6 Å². The van der Waals surface area contributed by atoms with E-state index in [2.05, 4.69) is 15.5 Å². The molecule has 32 heavy (non-hydrogen) atoms. The van der Waals surface area contributed by atoms with E-state index in [4.69, 9.17) is 19.2 Å². The smallest absolute Gasteiger partial charge is 0.255 e. The maximum atomic E-state index is 12.3. The molecule has 0 bridgehead atoms. The molecule has 0 aliphatic heterocycles. The summed E-state index contributed by atoms with van der Waals surface area (Å²) < 4.78 is 16.5. The van der Waals surface area contributed by atoms with Gasteiger partial charge >= 0.3 is 0 Å². The lowest BCUT2D eigenvalue weighted by Gasteiger charge is -2.07. The van der Waals surface area contributed by atoms with Gasteiger partial charge in [0.05, 0.1) is 18.7 Å². The van der Waals surface area contributed by atoms with Crippen LogP contribution in [0.15, 0.2) is 77.2 Å². The Kier molecular flexibility index (Phi) is 6.09. The Balaban J connectivity index is 1.32. The molecule has 0 unspecified atom stereocenters. The Morgan fingerprint density at radius 2 is 1.66 bits per heavy atom. The SMILES string of the molecule is COc1ccc(-c2nnc(COc3ccc(NC(=O)c4ccc(C#N)cc4)cc3)o2)cc1. The van der Waals surface area contributed by atoms with Crippen molar-refractivity contribution in [3.8, 4) is 29.0 Å². The summed E-state index contributed by atoms with van der Waals surface area (Å²) in [6.45, 7) is 0.111. The number of nitrogens with one attached hydrogen (secondary N) is 1. The summed E-state index contributed by atoms with van der Waals surface area (Å²) in [5, 5.41) is 19.7. The fourth-order valence-electron chi connectivity index (χ4n) is 2.84. The molecule has 1 N–H and O–H groups in total. The summed E-state index contributed by atoms with van der Waals surface area (Å²) >= 11 is 0. The minimum atomic E-state index is -0.264. The third-order valence-corrected chi connectivity index (χ3v) is 4.55. The largest absolute Gasteiger partial charge is 0.497 e. The molecule has 4 aromatic rings. The summed E-state index contributed by atoms with van der Waals surface area (Å²) in [6.07, 6.45) is 0. The van der Waals surface area contributed by atoms with Crippen LogP contribution in [0.1, 0.15) is 21.8 Å². The van der Waals surface area contributed by atoms with Crippen molar-refractivity contribution in [1.82, 2.24) is 10.2 Å². The highest BCUT2D eigenvalue weighted by atomic mass is 16.5. The molecule has 0 atom stereocenters. The van der Waals surface area contributed by atoms with E-state index in [1.165, 1.54) is 0 Å². The van der Waals surface area contributed by atoms with Crippen LogP contribution in [-0.4, -0.2) is 23.2 Å². The zero-order chi connectivity index (χ0) is 22.3. The van der Waals surface area contributed by atoms with Crippen LogP contribution < -0.4 is 14.8 Å². The van der Waals surface area contributed by atoms with Crippen LogP contribution in [0.4, 0.5) is 5.69 Å². The number of ether oxygens (including phenoxy) is 2. The summed E-state index contributed by atoms with van der Waals surface area (Å²) in [7, 11) is 1.60. The average molecular weight is 426 g/mol. The van der Waals surface area contributed by atoms with Crippen molar-refractivity contribution in [2.75, 3.05) is 12.4 Å². The molecular formula is C24H18N4O4. The third kappa shape index (κ3) is 4.91. The van der Waals surface area contributed by atoms with Gasteiger partial charge in [-0.25, -0.2) is 0 Å². The quantitative estimate of drug-likeness (QED) is 0.465. The number of methoxy groups -OCH3 is 1. The number of rotatable bonds is 7. The number of nitriles is 1. The highest BCUT2D eigenvalue weighted by Gasteiger charge is 2.10. The topological polar surface area (TPSA) is 110 Å². The van der Waals surface area contributed by atoms with Gasteiger partial charge in [0.25, 0.3) is 11.8 Å². The van der Waals surface area contributed by atoms with Gasteiger partial charge in [0, 0.05) is 16.8 Å². The van der Waals surface area contributed by atoms with E-state index in [0.717, 1.165) is 11.3 Å². The second-order valence-corrected chi connectivity index (χ2v) is 6.69. The number of carbonyl (C=O) groups excluding carboxylic acids is 1. The Morgan fingerprint density at radius 3 is 2.31 bits per heavy atom. The molecule has 1 aromatic heterocycles. The van der Waals surface area contributed by atoms with Crippen molar-refractivity contribution in [2.45, 2.75) is 6.61 Å². The van der Waals surface area contributed by atoms with E-state index < -0.39 is 0 Å². The van der Waals surface area contributed by atoms with E-state index >= 15 is 0 Å². The Hall–Kier alpha value is -4.64. The Labute approximate surface area is 184 Å². The van der Waals surface area contributed by atoms with Gasteiger partial charge in [-0.15, -0.1) is 10.2 Å². The number of hydrogen-bond donors (Lipinski definition) is 1. The fourth-order valence-corrected chi connectivity index (χ4v) is 2.84. The highest BCUT2D eigenvalue weighted by molar-refractivity contribution is 6.04. The van der Waals surface area contributed by atoms with Gasteiger partial charge in [-0.2, -0.15) is 5.26 Å². The summed E-state index contributed by atoms with van der Waals surface area (Å²) in [5.74, 6) is 1.81. The predicted molar refractivity (Wildman–Crippen MR) is 116 cm³/mol. The van der Waals surface area contributed by atoms with Gasteiger partial charge in [-0.1, -0.05) is 0 Å². The molecule has 4 rings (SSSR count). The van der Waals surface area contributed by atoms with Crippen molar-refractivity contribution in [2.24, 2.45) is 0 Å². The number of hydrogen-bond acceptors (Lipinski definition) is 7. The zero-order valence-electron chi connectivity index (χ0n) is 17.1. The van der Waals surface area contributed by atoms with E-state index in [-0.39, 0.29) is 12.5 Å². The number of carbonyl (C=O) groups is 1. The van der Waals surface area contributed by atoms with Gasteiger partial charge < -0.3 is 19.2 Å². The molecule has 158 valence electrons. The molecule has 8 heteroatoms. The highest BCUT2D eigenvalue weighted by Crippen LogP contribution is 2.22. The zero-order valence-corrected chi connectivity index (χ0v) is 17.1. The van der Waals surface area contributed by atoms with Gasteiger partial charge in [-0.05, 0) is 72.8 Å². The Morgan fingerprint density at radius 1 is 0.969 bits per heavy atom. The van der Waals surface area contributed by atoms with Crippen molar-refractivity contribution in [3.05, 3.63) is 89.8 Å². The normalized spacial score (nSPS) is 10.2. The Bertz CT molecular complexity index is 1240. The van der Waals surface area contributed by atoms with Crippen molar-refractivity contribution in [1.29, 1.82) is 5.26 Å². The first-order valence-electron chi connectivity index (χ1n) is 9.66. The predicted octanol–water partition coefficient (Wildman–Crippen LogP) is 4.45. The van der Waals surface area contributed by atoms with Crippen LogP contribution in [0, 0.1) is 11.3 Å². The van der Waals surface area contributed by atoms with E-state index in [1.54, 1.807) is 55.6 Å². The molecule has 1 amide bonds. The van der Waals surface area contributed by atoms with Crippen molar-refractivity contribution in [3.63, 3.8) is 0 Å². The number of aromatic nitrogens is 2. The second-order valence-electron chi connectivity index (χ2n) is 6.69. The standard InChI is InChI=1S/C24H18N4O4/c1-30-20-10-6-18(7-11-20)24-28-27-22(32-24)15-31-21-12-8-19(9-13-21)26-23(29)17-4-2-16(14-25)3-5-17/h2-13H,15H2,1H3,(H,26,29). The third-order valence-electron chi connectivity index (χ3n) is 4.55. The molecule has 0 fully saturated rings. The lowest BCUT2D eigenvalue weighted by molar-refractivity contribution is 0.102. The maximum Gasteiger partial charge on any atom is 0.255 e. The molecule has 0 radical (unpaired) electrons. The number of nitrogens with zero attached hydrogens (tertiary/aromatic N) is 3. The molecular weight excluding hydrogens is 408 g/mol. The van der Waals surface area contributed by atoms with Crippen LogP contribution in [0.3, 0.4) is 0 Å². The molecule has 0 aliphatic rings. The van der Waals surface area contributed by atoms with E-state index in [9.17, 15) is 4.79 Å². The van der Waals surface area contributed by atoms with Gasteiger partial charge in [-0.3, -0.25) is 4.79 Å². The average Bonchev–Trinajstić information content (AvgIpc) is 3.33. The molecule has 8 nitrogen and oxygen atoms in total. The molecule has 1 heterocycles. The van der Waals surface area contributed by atoms with E-state index in [0.29, 0.717) is 34.3 Å². The van der Waals surface area contributed by atoms with Crippen LogP contribution in [0.5, 0.6) is 11.5 Å².